The topological polar surface area (TPSA) is 42.3 Å². The number of benzene rings is 1. The Kier molecular flexibility index (Phi) is 2.69. The minimum absolute atomic E-state index is 0.432. The summed E-state index contributed by atoms with van der Waals surface area (Å²) >= 11 is 5.98. The van der Waals surface area contributed by atoms with Gasteiger partial charge >= 0.3 is 10.2 Å². The van der Waals surface area contributed by atoms with E-state index in [0.29, 0.717) is 10.5 Å². The van der Waals surface area contributed by atoms with Gasteiger partial charge in [-0.05, 0) is 6.07 Å². The van der Waals surface area contributed by atoms with Gasteiger partial charge in [-0.1, -0.05) is 29.8 Å². The standard InChI is InChI=1S/C10H11ClN2O2S/c1-12(2)16(14,15)13-7-9(11)8-5-3-4-6-10(8)13/h3-7H,1-2H3. The summed E-state index contributed by atoms with van der Waals surface area (Å²) < 4.78 is 26.3. The zero-order valence-electron chi connectivity index (χ0n) is 8.88. The molecule has 0 fully saturated rings. The highest BCUT2D eigenvalue weighted by Gasteiger charge is 2.19. The third kappa shape index (κ3) is 1.61. The maximum Gasteiger partial charge on any atom is 0.307 e. The molecule has 1 aromatic carbocycles. The lowest BCUT2D eigenvalue weighted by Gasteiger charge is -2.12. The Bertz CT molecular complexity index is 631. The van der Waals surface area contributed by atoms with Crippen LogP contribution in [0.25, 0.3) is 10.9 Å². The van der Waals surface area contributed by atoms with Crippen molar-refractivity contribution in [2.75, 3.05) is 14.1 Å². The predicted molar refractivity (Wildman–Crippen MR) is 65.0 cm³/mol. The molecule has 0 bridgehead atoms. The van der Waals surface area contributed by atoms with Gasteiger partial charge in [-0.3, -0.25) is 0 Å². The van der Waals surface area contributed by atoms with Crippen molar-refractivity contribution >= 4 is 32.7 Å². The molecule has 86 valence electrons. The van der Waals surface area contributed by atoms with Crippen molar-refractivity contribution in [1.82, 2.24) is 8.28 Å². The molecule has 0 aliphatic heterocycles. The molecule has 1 heterocycles. The van der Waals surface area contributed by atoms with Gasteiger partial charge in [0.05, 0.1) is 10.5 Å². The zero-order valence-corrected chi connectivity index (χ0v) is 10.5. The molecule has 2 rings (SSSR count). The SMILES string of the molecule is CN(C)S(=O)(=O)n1cc(Cl)c2ccccc21. The van der Waals surface area contributed by atoms with Crippen molar-refractivity contribution in [3.05, 3.63) is 35.5 Å². The van der Waals surface area contributed by atoms with Crippen molar-refractivity contribution in [3.63, 3.8) is 0 Å². The lowest BCUT2D eigenvalue weighted by Crippen LogP contribution is -2.28. The van der Waals surface area contributed by atoms with E-state index in [1.165, 1.54) is 24.3 Å². The molecule has 16 heavy (non-hydrogen) atoms. The Morgan fingerprint density at radius 2 is 1.88 bits per heavy atom. The lowest BCUT2D eigenvalue weighted by molar-refractivity contribution is 0.512. The van der Waals surface area contributed by atoms with Crippen LogP contribution in [0.4, 0.5) is 0 Å². The maximum atomic E-state index is 12.0. The van der Waals surface area contributed by atoms with Crippen LogP contribution in [0.5, 0.6) is 0 Å². The van der Waals surface area contributed by atoms with Crippen LogP contribution >= 0.6 is 11.6 Å². The molecule has 1 aromatic heterocycles. The third-order valence-electron chi connectivity index (χ3n) is 2.34. The molecular formula is C10H11ClN2O2S. The van der Waals surface area contributed by atoms with Crippen LogP contribution in [0.15, 0.2) is 30.5 Å². The van der Waals surface area contributed by atoms with Crippen LogP contribution in [0, 0.1) is 0 Å². The highest BCUT2D eigenvalue weighted by atomic mass is 35.5. The smallest absolute Gasteiger partial charge is 0.231 e. The van der Waals surface area contributed by atoms with Crippen LogP contribution in [0.3, 0.4) is 0 Å². The van der Waals surface area contributed by atoms with E-state index in [1.54, 1.807) is 18.2 Å². The molecule has 0 aliphatic carbocycles. The summed E-state index contributed by atoms with van der Waals surface area (Å²) in [5.74, 6) is 0. The summed E-state index contributed by atoms with van der Waals surface area (Å²) in [4.78, 5) is 0. The Balaban J connectivity index is 2.81. The van der Waals surface area contributed by atoms with Crippen LogP contribution in [0.2, 0.25) is 5.02 Å². The number of nitrogens with zero attached hydrogens (tertiary/aromatic N) is 2. The van der Waals surface area contributed by atoms with Gasteiger partial charge in [0.1, 0.15) is 0 Å². The van der Waals surface area contributed by atoms with Gasteiger partial charge < -0.3 is 0 Å². The molecule has 0 saturated heterocycles. The average molecular weight is 259 g/mol. The van der Waals surface area contributed by atoms with Crippen LogP contribution in [-0.2, 0) is 10.2 Å². The molecule has 0 N–H and O–H groups in total. The largest absolute Gasteiger partial charge is 0.307 e. The van der Waals surface area contributed by atoms with Gasteiger partial charge in [0, 0.05) is 25.7 Å². The first-order valence-corrected chi connectivity index (χ1v) is 6.40. The monoisotopic (exact) mass is 258 g/mol. The zero-order chi connectivity index (χ0) is 11.9. The molecule has 6 heteroatoms. The van der Waals surface area contributed by atoms with Crippen LogP contribution in [-0.4, -0.2) is 30.8 Å². The normalized spacial score (nSPS) is 12.5. The minimum Gasteiger partial charge on any atom is -0.231 e. The highest BCUT2D eigenvalue weighted by Crippen LogP contribution is 2.27. The molecule has 0 radical (unpaired) electrons. The Morgan fingerprint density at radius 1 is 1.25 bits per heavy atom. The Hall–Kier alpha value is -1.04. The van der Waals surface area contributed by atoms with E-state index in [2.05, 4.69) is 0 Å². The van der Waals surface area contributed by atoms with E-state index in [0.717, 1.165) is 9.69 Å². The van der Waals surface area contributed by atoms with E-state index in [4.69, 9.17) is 11.6 Å². The van der Waals surface area contributed by atoms with E-state index in [-0.39, 0.29) is 0 Å². The second-order valence-corrected chi connectivity index (χ2v) is 6.01. The fourth-order valence-electron chi connectivity index (χ4n) is 1.48. The highest BCUT2D eigenvalue weighted by molar-refractivity contribution is 7.87. The van der Waals surface area contributed by atoms with Gasteiger partial charge in [0.2, 0.25) is 0 Å². The van der Waals surface area contributed by atoms with Gasteiger partial charge in [0.25, 0.3) is 0 Å². The predicted octanol–water partition coefficient (Wildman–Crippen LogP) is 1.95. The van der Waals surface area contributed by atoms with Gasteiger partial charge in [0.15, 0.2) is 0 Å². The van der Waals surface area contributed by atoms with E-state index >= 15 is 0 Å². The molecule has 4 nitrogen and oxygen atoms in total. The number of hydrogen-bond donors (Lipinski definition) is 0. The number of hydrogen-bond acceptors (Lipinski definition) is 2. The van der Waals surface area contributed by atoms with Crippen molar-refractivity contribution in [3.8, 4) is 0 Å². The molecule has 0 amide bonds. The van der Waals surface area contributed by atoms with Crippen molar-refractivity contribution in [2.45, 2.75) is 0 Å². The first-order chi connectivity index (χ1) is 7.44. The fraction of sp³-hybridized carbons (Fsp3) is 0.200. The summed E-state index contributed by atoms with van der Waals surface area (Å²) in [7, 11) is -0.549. The molecular weight excluding hydrogens is 248 g/mol. The Labute approximate surface area is 99.2 Å². The summed E-state index contributed by atoms with van der Waals surface area (Å²) in [5.41, 5.74) is 0.584. The Morgan fingerprint density at radius 3 is 2.50 bits per heavy atom. The van der Waals surface area contributed by atoms with Crippen LogP contribution in [0.1, 0.15) is 0 Å². The average Bonchev–Trinajstić information content (AvgIpc) is 2.57. The number of aromatic nitrogens is 1. The molecule has 0 aliphatic rings. The lowest BCUT2D eigenvalue weighted by atomic mass is 10.3. The number of fused-ring (bicyclic) bond motifs is 1. The molecule has 0 atom stereocenters. The third-order valence-corrected chi connectivity index (χ3v) is 4.36. The first kappa shape index (κ1) is 11.4. The van der Waals surface area contributed by atoms with Gasteiger partial charge in [-0.15, -0.1) is 0 Å². The van der Waals surface area contributed by atoms with Gasteiger partial charge in [-0.25, -0.2) is 3.97 Å². The molecule has 0 unspecified atom stereocenters. The van der Waals surface area contributed by atoms with Crippen LogP contribution < -0.4 is 0 Å². The van der Waals surface area contributed by atoms with Crippen molar-refractivity contribution in [2.24, 2.45) is 0 Å². The number of para-hydroxylation sites is 1. The summed E-state index contributed by atoms with van der Waals surface area (Å²) in [5, 5.41) is 1.16. The fourth-order valence-corrected chi connectivity index (χ4v) is 2.79. The van der Waals surface area contributed by atoms with Crippen molar-refractivity contribution in [1.29, 1.82) is 0 Å². The van der Waals surface area contributed by atoms with E-state index in [1.807, 2.05) is 6.07 Å². The van der Waals surface area contributed by atoms with Gasteiger partial charge in [-0.2, -0.15) is 12.7 Å². The second-order valence-electron chi connectivity index (χ2n) is 3.58. The van der Waals surface area contributed by atoms with E-state index < -0.39 is 10.2 Å². The maximum absolute atomic E-state index is 12.0. The number of halogens is 1. The molecule has 0 spiro atoms. The van der Waals surface area contributed by atoms with E-state index in [9.17, 15) is 8.42 Å². The summed E-state index contributed by atoms with van der Waals surface area (Å²) in [6, 6.07) is 7.11. The summed E-state index contributed by atoms with van der Waals surface area (Å²) in [6.07, 6.45) is 1.42. The molecule has 0 saturated carbocycles. The van der Waals surface area contributed by atoms with Crippen molar-refractivity contribution < 1.29 is 8.42 Å². The first-order valence-electron chi connectivity index (χ1n) is 4.63. The second kappa shape index (κ2) is 3.76. The molecule has 2 aromatic rings. The quantitative estimate of drug-likeness (QED) is 0.826. The summed E-state index contributed by atoms with van der Waals surface area (Å²) in [6.45, 7) is 0. The minimum atomic E-state index is -3.52. The number of rotatable bonds is 2.